The summed E-state index contributed by atoms with van der Waals surface area (Å²) < 4.78 is 5.49. The smallest absolute Gasteiger partial charge is 0.107 e. The average Bonchev–Trinajstić information content (AvgIpc) is 2.14. The summed E-state index contributed by atoms with van der Waals surface area (Å²) in [5, 5.41) is 10.6. The summed E-state index contributed by atoms with van der Waals surface area (Å²) in [4.78, 5) is 12.1. The number of carboxylic acids is 1. The van der Waals surface area contributed by atoms with Gasteiger partial charge in [0.2, 0.25) is 0 Å². The summed E-state index contributed by atoms with van der Waals surface area (Å²) in [6, 6.07) is 0. The van der Waals surface area contributed by atoms with Crippen molar-refractivity contribution < 1.29 is 19.5 Å². The molecule has 1 unspecified atom stereocenters. The molecule has 1 fully saturated rings. The molecular weight excluding hydrogens is 182 g/mol. The molecular formula is C10H19NO3. The summed E-state index contributed by atoms with van der Waals surface area (Å²) in [6.07, 6.45) is 1.93. The van der Waals surface area contributed by atoms with Crippen molar-refractivity contribution >= 4 is 5.97 Å². The molecule has 1 saturated heterocycles. The fourth-order valence-electron chi connectivity index (χ4n) is 1.89. The number of quaternary nitrogens is 1. The second-order valence-electron chi connectivity index (χ2n) is 4.03. The van der Waals surface area contributed by atoms with Gasteiger partial charge in [-0.05, 0) is 19.3 Å². The number of hydrogen-bond acceptors (Lipinski definition) is 3. The molecule has 3 atom stereocenters. The first-order chi connectivity index (χ1) is 6.63. The van der Waals surface area contributed by atoms with Crippen molar-refractivity contribution in [1.82, 2.24) is 0 Å². The van der Waals surface area contributed by atoms with Crippen molar-refractivity contribution in [3.63, 3.8) is 0 Å². The Hall–Kier alpha value is -0.610. The van der Waals surface area contributed by atoms with Gasteiger partial charge in [-0.15, -0.1) is 0 Å². The average molecular weight is 201 g/mol. The number of nitrogens with one attached hydrogen (secondary N) is 1. The number of likely N-dealkylation sites (tertiary alicyclic amines) is 1. The molecule has 1 rings (SSSR count). The van der Waals surface area contributed by atoms with Crippen molar-refractivity contribution in [2.45, 2.75) is 38.4 Å². The minimum Gasteiger partial charge on any atom is -0.547 e. The molecule has 14 heavy (non-hydrogen) atoms. The van der Waals surface area contributed by atoms with Crippen LogP contribution in [-0.4, -0.2) is 38.3 Å². The number of rotatable bonds is 4. The van der Waals surface area contributed by atoms with Crippen molar-refractivity contribution in [2.75, 3.05) is 20.1 Å². The SMILES string of the molecule is CC[C@H](O[C@@H]1CCC[NH+](C)C1)C(=O)[O-]. The number of likely N-dealkylation sites (N-methyl/N-ethyl adjacent to an activating group) is 1. The van der Waals surface area contributed by atoms with E-state index in [2.05, 4.69) is 7.05 Å². The molecule has 0 radical (unpaired) electrons. The van der Waals surface area contributed by atoms with Gasteiger partial charge in [-0.1, -0.05) is 6.92 Å². The van der Waals surface area contributed by atoms with Gasteiger partial charge in [0.05, 0.1) is 25.7 Å². The van der Waals surface area contributed by atoms with Gasteiger partial charge in [-0.3, -0.25) is 0 Å². The van der Waals surface area contributed by atoms with Gasteiger partial charge < -0.3 is 19.5 Å². The van der Waals surface area contributed by atoms with Crippen molar-refractivity contribution in [1.29, 1.82) is 0 Å². The van der Waals surface area contributed by atoms with Crippen LogP contribution in [-0.2, 0) is 9.53 Å². The number of carbonyl (C=O) groups is 1. The Kier molecular flexibility index (Phi) is 4.35. The van der Waals surface area contributed by atoms with Crippen LogP contribution >= 0.6 is 0 Å². The third kappa shape index (κ3) is 3.27. The van der Waals surface area contributed by atoms with E-state index in [-0.39, 0.29) is 6.10 Å². The Labute approximate surface area is 84.8 Å². The molecule has 0 bridgehead atoms. The lowest BCUT2D eigenvalue weighted by Gasteiger charge is -2.30. The largest absolute Gasteiger partial charge is 0.547 e. The van der Waals surface area contributed by atoms with E-state index in [9.17, 15) is 9.90 Å². The minimum atomic E-state index is -1.09. The Morgan fingerprint density at radius 3 is 2.93 bits per heavy atom. The zero-order chi connectivity index (χ0) is 10.6. The highest BCUT2D eigenvalue weighted by molar-refractivity contribution is 5.69. The van der Waals surface area contributed by atoms with Crippen LogP contribution in [0, 0.1) is 0 Å². The topological polar surface area (TPSA) is 53.8 Å². The molecule has 0 aromatic heterocycles. The van der Waals surface area contributed by atoms with Gasteiger partial charge in [-0.2, -0.15) is 0 Å². The molecule has 1 N–H and O–H groups in total. The van der Waals surface area contributed by atoms with Crippen LogP contribution in [0.3, 0.4) is 0 Å². The number of carboxylic acid groups (broad SMARTS) is 1. The molecule has 4 nitrogen and oxygen atoms in total. The van der Waals surface area contributed by atoms with Crippen molar-refractivity contribution in [2.24, 2.45) is 0 Å². The Bertz CT molecular complexity index is 196. The first kappa shape index (κ1) is 11.5. The summed E-state index contributed by atoms with van der Waals surface area (Å²) in [5.74, 6) is -1.09. The second kappa shape index (κ2) is 5.32. The zero-order valence-electron chi connectivity index (χ0n) is 8.91. The number of hydrogen-bond donors (Lipinski definition) is 1. The molecule has 0 aliphatic carbocycles. The maximum absolute atomic E-state index is 10.6. The number of carbonyl (C=O) groups excluding carboxylic acids is 1. The van der Waals surface area contributed by atoms with Gasteiger partial charge in [-0.25, -0.2) is 0 Å². The van der Waals surface area contributed by atoms with Gasteiger partial charge >= 0.3 is 0 Å². The fourth-order valence-corrected chi connectivity index (χ4v) is 1.89. The van der Waals surface area contributed by atoms with E-state index in [0.29, 0.717) is 6.42 Å². The fraction of sp³-hybridized carbons (Fsp3) is 0.900. The molecule has 0 spiro atoms. The Morgan fingerprint density at radius 2 is 2.43 bits per heavy atom. The molecule has 1 heterocycles. The highest BCUT2D eigenvalue weighted by Gasteiger charge is 2.23. The van der Waals surface area contributed by atoms with Crippen LogP contribution in [0.2, 0.25) is 0 Å². The lowest BCUT2D eigenvalue weighted by molar-refractivity contribution is -0.888. The monoisotopic (exact) mass is 201 g/mol. The van der Waals surface area contributed by atoms with Crippen LogP contribution in [0.25, 0.3) is 0 Å². The van der Waals surface area contributed by atoms with Crippen molar-refractivity contribution in [3.8, 4) is 0 Å². The van der Waals surface area contributed by atoms with Crippen LogP contribution in [0.15, 0.2) is 0 Å². The molecule has 82 valence electrons. The first-order valence-electron chi connectivity index (χ1n) is 5.31. The van der Waals surface area contributed by atoms with E-state index >= 15 is 0 Å². The highest BCUT2D eigenvalue weighted by atomic mass is 16.5. The van der Waals surface area contributed by atoms with E-state index in [1.165, 1.54) is 4.90 Å². The van der Waals surface area contributed by atoms with E-state index in [1.807, 2.05) is 0 Å². The summed E-state index contributed by atoms with van der Waals surface area (Å²) in [7, 11) is 2.11. The predicted molar refractivity (Wildman–Crippen MR) is 49.8 cm³/mol. The summed E-state index contributed by atoms with van der Waals surface area (Å²) in [6.45, 7) is 3.87. The van der Waals surface area contributed by atoms with Gasteiger partial charge in [0.15, 0.2) is 0 Å². The van der Waals surface area contributed by atoms with E-state index in [0.717, 1.165) is 25.9 Å². The standard InChI is InChI=1S/C10H19NO3/c1-3-9(10(12)13)14-8-5-4-6-11(2)7-8/h8-9H,3-7H2,1-2H3,(H,12,13)/t8-,9+/m1/s1. The normalized spacial score (nSPS) is 29.9. The molecule has 0 aromatic carbocycles. The first-order valence-corrected chi connectivity index (χ1v) is 5.31. The van der Waals surface area contributed by atoms with E-state index < -0.39 is 12.1 Å². The number of piperidine rings is 1. The third-order valence-corrected chi connectivity index (χ3v) is 2.70. The molecule has 4 heteroatoms. The molecule has 0 aromatic rings. The lowest BCUT2D eigenvalue weighted by atomic mass is 10.1. The molecule has 0 saturated carbocycles. The third-order valence-electron chi connectivity index (χ3n) is 2.70. The summed E-state index contributed by atoms with van der Waals surface area (Å²) >= 11 is 0. The van der Waals surface area contributed by atoms with E-state index in [1.54, 1.807) is 6.92 Å². The van der Waals surface area contributed by atoms with Gasteiger partial charge in [0, 0.05) is 0 Å². The maximum atomic E-state index is 10.6. The van der Waals surface area contributed by atoms with Gasteiger partial charge in [0.25, 0.3) is 0 Å². The summed E-state index contributed by atoms with van der Waals surface area (Å²) in [5.41, 5.74) is 0. The van der Waals surface area contributed by atoms with Crippen LogP contribution < -0.4 is 10.0 Å². The molecule has 0 amide bonds. The lowest BCUT2D eigenvalue weighted by Crippen LogP contribution is -3.11. The van der Waals surface area contributed by atoms with Crippen LogP contribution in [0.4, 0.5) is 0 Å². The van der Waals surface area contributed by atoms with E-state index in [4.69, 9.17) is 4.74 Å². The van der Waals surface area contributed by atoms with Crippen molar-refractivity contribution in [3.05, 3.63) is 0 Å². The maximum Gasteiger partial charge on any atom is 0.107 e. The second-order valence-corrected chi connectivity index (χ2v) is 4.03. The molecule has 1 aliphatic rings. The number of aliphatic carboxylic acids is 1. The Balaban J connectivity index is 2.37. The zero-order valence-corrected chi connectivity index (χ0v) is 8.91. The quantitative estimate of drug-likeness (QED) is 0.584. The molecule has 1 aliphatic heterocycles. The predicted octanol–water partition coefficient (Wildman–Crippen LogP) is -1.79. The minimum absolute atomic E-state index is 0.0894. The van der Waals surface area contributed by atoms with Crippen LogP contribution in [0.1, 0.15) is 26.2 Å². The Morgan fingerprint density at radius 1 is 1.71 bits per heavy atom. The van der Waals surface area contributed by atoms with Gasteiger partial charge in [0.1, 0.15) is 12.6 Å². The highest BCUT2D eigenvalue weighted by Crippen LogP contribution is 2.08. The van der Waals surface area contributed by atoms with Crippen LogP contribution in [0.5, 0.6) is 0 Å². The number of ether oxygens (including phenoxy) is 1.